The van der Waals surface area contributed by atoms with Crippen LogP contribution in [0.4, 0.5) is 5.69 Å². The van der Waals surface area contributed by atoms with Crippen LogP contribution in [0.5, 0.6) is 0 Å². The van der Waals surface area contributed by atoms with Crippen molar-refractivity contribution in [3.8, 4) is 23.1 Å². The Morgan fingerprint density at radius 1 is 0.906 bits per heavy atom. The predicted octanol–water partition coefficient (Wildman–Crippen LogP) is 3.81. The number of nitrogens with zero attached hydrogens (tertiary/aromatic N) is 6. The maximum atomic E-state index is 12.7. The van der Waals surface area contributed by atoms with E-state index in [4.69, 9.17) is 10.4 Å². The molecule has 1 fully saturated rings. The predicted molar refractivity (Wildman–Crippen MR) is 123 cm³/mol. The summed E-state index contributed by atoms with van der Waals surface area (Å²) in [4.78, 5) is 15.0. The first-order valence-electron chi connectivity index (χ1n) is 10.7. The molecule has 7 heteroatoms. The molecular formula is C25H22N6O. The van der Waals surface area contributed by atoms with Gasteiger partial charge in [0, 0.05) is 31.0 Å². The lowest BCUT2D eigenvalue weighted by atomic mass is 10.0. The normalized spacial score (nSPS) is 14.3. The van der Waals surface area contributed by atoms with Crippen molar-refractivity contribution in [3.63, 3.8) is 0 Å². The lowest BCUT2D eigenvalue weighted by Crippen LogP contribution is -2.35. The van der Waals surface area contributed by atoms with Crippen LogP contribution >= 0.6 is 0 Å². The topological polar surface area (TPSA) is 79.7 Å². The molecule has 0 atom stereocenters. The van der Waals surface area contributed by atoms with Gasteiger partial charge in [-0.1, -0.05) is 18.2 Å². The molecule has 5 rings (SSSR count). The largest absolute Gasteiger partial charge is 0.371 e. The van der Waals surface area contributed by atoms with E-state index in [1.807, 2.05) is 65.3 Å². The highest BCUT2D eigenvalue weighted by Crippen LogP contribution is 2.27. The second kappa shape index (κ2) is 8.52. The zero-order chi connectivity index (χ0) is 21.9. The van der Waals surface area contributed by atoms with Crippen LogP contribution in [0.2, 0.25) is 0 Å². The third-order valence-corrected chi connectivity index (χ3v) is 5.91. The zero-order valence-corrected chi connectivity index (χ0v) is 17.5. The molecule has 1 saturated heterocycles. The zero-order valence-electron chi connectivity index (χ0n) is 17.5. The molecular weight excluding hydrogens is 400 g/mol. The highest BCUT2D eigenvalue weighted by Gasteiger charge is 2.22. The summed E-state index contributed by atoms with van der Waals surface area (Å²) >= 11 is 0. The minimum absolute atomic E-state index is 0.117. The molecule has 1 aliphatic heterocycles. The third-order valence-electron chi connectivity index (χ3n) is 5.91. The molecule has 2 aromatic heterocycles. The van der Waals surface area contributed by atoms with Crippen LogP contribution < -0.4 is 10.3 Å². The first kappa shape index (κ1) is 19.8. The summed E-state index contributed by atoms with van der Waals surface area (Å²) in [5.74, 6) is 0. The average Bonchev–Trinajstić information content (AvgIpc) is 3.35. The van der Waals surface area contributed by atoms with Crippen molar-refractivity contribution >= 4 is 5.69 Å². The molecule has 32 heavy (non-hydrogen) atoms. The molecule has 3 heterocycles. The lowest BCUT2D eigenvalue weighted by molar-refractivity contribution is 0.362. The summed E-state index contributed by atoms with van der Waals surface area (Å²) in [6.45, 7) is 1.78. The minimum atomic E-state index is -0.117. The van der Waals surface area contributed by atoms with Gasteiger partial charge < -0.3 is 4.90 Å². The number of piperidine rings is 1. The van der Waals surface area contributed by atoms with Crippen LogP contribution in [0.25, 0.3) is 17.1 Å². The van der Waals surface area contributed by atoms with E-state index in [1.165, 1.54) is 0 Å². The summed E-state index contributed by atoms with van der Waals surface area (Å²) in [5, 5.41) is 18.1. The average molecular weight is 422 g/mol. The highest BCUT2D eigenvalue weighted by molar-refractivity contribution is 5.57. The molecule has 0 bridgehead atoms. The SMILES string of the molecule is N#Cc1ccc(N2CCC(n3ccc(=O)c(-c4ccnn4-c4ccccc4)n3)CC2)cc1. The van der Waals surface area contributed by atoms with Crippen molar-refractivity contribution < 1.29 is 0 Å². The summed E-state index contributed by atoms with van der Waals surface area (Å²) in [7, 11) is 0. The molecule has 0 N–H and O–H groups in total. The van der Waals surface area contributed by atoms with Crippen molar-refractivity contribution in [2.45, 2.75) is 18.9 Å². The fraction of sp³-hybridized carbons (Fsp3) is 0.200. The van der Waals surface area contributed by atoms with Gasteiger partial charge in [0.1, 0.15) is 0 Å². The lowest BCUT2D eigenvalue weighted by Gasteiger charge is -2.34. The Hall–Kier alpha value is -4.18. The van der Waals surface area contributed by atoms with Crippen LogP contribution in [0.15, 0.2) is 83.9 Å². The minimum Gasteiger partial charge on any atom is -0.371 e. The molecule has 1 aliphatic rings. The van der Waals surface area contributed by atoms with E-state index in [1.54, 1.807) is 23.1 Å². The standard InChI is InChI=1S/C25H22N6O/c26-18-19-6-8-20(9-7-19)29-15-11-21(12-16-29)30-17-13-24(32)25(28-30)23-10-14-27-31(23)22-4-2-1-3-5-22/h1-10,13-14,17,21H,11-12,15-16H2. The van der Waals surface area contributed by atoms with E-state index in [0.717, 1.165) is 37.3 Å². The number of aromatic nitrogens is 4. The van der Waals surface area contributed by atoms with Gasteiger partial charge in [-0.2, -0.15) is 15.5 Å². The fourth-order valence-electron chi connectivity index (χ4n) is 4.19. The Kier molecular flexibility index (Phi) is 5.26. The quantitative estimate of drug-likeness (QED) is 0.500. The molecule has 0 spiro atoms. The molecule has 0 radical (unpaired) electrons. The van der Waals surface area contributed by atoms with Gasteiger partial charge in [-0.05, 0) is 55.3 Å². The monoisotopic (exact) mass is 422 g/mol. The van der Waals surface area contributed by atoms with Crippen LogP contribution in [-0.2, 0) is 0 Å². The second-order valence-corrected chi connectivity index (χ2v) is 7.85. The summed E-state index contributed by atoms with van der Waals surface area (Å²) < 4.78 is 3.68. The molecule has 0 unspecified atom stereocenters. The van der Waals surface area contributed by atoms with Crippen LogP contribution in [0.1, 0.15) is 24.4 Å². The van der Waals surface area contributed by atoms with E-state index >= 15 is 0 Å². The number of benzene rings is 2. The van der Waals surface area contributed by atoms with Crippen molar-refractivity contribution in [3.05, 3.63) is 94.9 Å². The van der Waals surface area contributed by atoms with Gasteiger partial charge >= 0.3 is 0 Å². The van der Waals surface area contributed by atoms with E-state index in [0.29, 0.717) is 17.0 Å². The maximum Gasteiger partial charge on any atom is 0.209 e. The second-order valence-electron chi connectivity index (χ2n) is 7.85. The van der Waals surface area contributed by atoms with E-state index in [9.17, 15) is 4.79 Å². The number of rotatable bonds is 4. The molecule has 158 valence electrons. The molecule has 0 amide bonds. The van der Waals surface area contributed by atoms with Crippen molar-refractivity contribution in [1.29, 1.82) is 5.26 Å². The molecule has 7 nitrogen and oxygen atoms in total. The first-order chi connectivity index (χ1) is 15.7. The van der Waals surface area contributed by atoms with Crippen LogP contribution in [0.3, 0.4) is 0 Å². The van der Waals surface area contributed by atoms with Gasteiger partial charge in [0.25, 0.3) is 0 Å². The van der Waals surface area contributed by atoms with E-state index in [-0.39, 0.29) is 11.5 Å². The van der Waals surface area contributed by atoms with Crippen molar-refractivity contribution in [2.75, 3.05) is 18.0 Å². The van der Waals surface area contributed by atoms with Crippen LogP contribution in [-0.4, -0.2) is 32.7 Å². The summed E-state index contributed by atoms with van der Waals surface area (Å²) in [6, 6.07) is 23.3. The number of nitriles is 1. The third kappa shape index (κ3) is 3.79. The Labute approximate surface area is 185 Å². The number of anilines is 1. The van der Waals surface area contributed by atoms with Gasteiger partial charge in [0.05, 0.1) is 35.3 Å². The van der Waals surface area contributed by atoms with E-state index < -0.39 is 0 Å². The first-order valence-corrected chi connectivity index (χ1v) is 10.7. The number of para-hydroxylation sites is 1. The molecule has 4 aromatic rings. The van der Waals surface area contributed by atoms with Crippen molar-refractivity contribution in [2.24, 2.45) is 0 Å². The summed E-state index contributed by atoms with van der Waals surface area (Å²) in [5.41, 5.74) is 3.66. The summed E-state index contributed by atoms with van der Waals surface area (Å²) in [6.07, 6.45) is 5.33. The van der Waals surface area contributed by atoms with Gasteiger partial charge in [0.15, 0.2) is 5.69 Å². The van der Waals surface area contributed by atoms with Gasteiger partial charge in [-0.15, -0.1) is 0 Å². The smallest absolute Gasteiger partial charge is 0.209 e. The van der Waals surface area contributed by atoms with E-state index in [2.05, 4.69) is 16.1 Å². The Bertz CT molecular complexity index is 1310. The van der Waals surface area contributed by atoms with Crippen LogP contribution in [0, 0.1) is 11.3 Å². The fourth-order valence-corrected chi connectivity index (χ4v) is 4.19. The highest BCUT2D eigenvalue weighted by atomic mass is 16.1. The Balaban J connectivity index is 1.37. The van der Waals surface area contributed by atoms with Gasteiger partial charge in [-0.25, -0.2) is 4.68 Å². The maximum absolute atomic E-state index is 12.7. The molecule has 0 aliphatic carbocycles. The molecule has 2 aromatic carbocycles. The van der Waals surface area contributed by atoms with Gasteiger partial charge in [0.2, 0.25) is 5.43 Å². The Morgan fingerprint density at radius 2 is 1.66 bits per heavy atom. The number of hydrogen-bond donors (Lipinski definition) is 0. The number of hydrogen-bond acceptors (Lipinski definition) is 5. The van der Waals surface area contributed by atoms with Crippen molar-refractivity contribution in [1.82, 2.24) is 19.6 Å². The Morgan fingerprint density at radius 3 is 2.38 bits per heavy atom. The molecule has 0 saturated carbocycles. The van der Waals surface area contributed by atoms with Gasteiger partial charge in [-0.3, -0.25) is 9.48 Å².